The normalized spacial score (nSPS) is 15.8. The number of nitrogens with zero attached hydrogens (tertiary/aromatic N) is 5. The van der Waals surface area contributed by atoms with Gasteiger partial charge in [0, 0.05) is 29.5 Å². The summed E-state index contributed by atoms with van der Waals surface area (Å²) in [5.41, 5.74) is 1.86. The van der Waals surface area contributed by atoms with E-state index in [1.807, 2.05) is 0 Å². The SMILES string of the molecule is O=P(O)(O)OCOc1cccc(-c2nc3occn3c2-c2ccnc(N(C3CCCNC3)S(=O)(=O)c3ccc(Cl)cc3)n2)c1. The zero-order valence-electron chi connectivity index (χ0n) is 22.9. The van der Waals surface area contributed by atoms with Crippen LogP contribution in [0, 0.1) is 0 Å². The smallest absolute Gasteiger partial charge is 0.467 e. The van der Waals surface area contributed by atoms with Gasteiger partial charge in [-0.1, -0.05) is 23.7 Å². The number of anilines is 1. The van der Waals surface area contributed by atoms with E-state index in [9.17, 15) is 13.0 Å². The summed E-state index contributed by atoms with van der Waals surface area (Å²) in [4.78, 5) is 31.7. The number of ether oxygens (including phenoxy) is 1. The van der Waals surface area contributed by atoms with E-state index >= 15 is 0 Å². The molecule has 2 aromatic carbocycles. The molecule has 6 rings (SSSR count). The number of hydrogen-bond donors (Lipinski definition) is 3. The van der Waals surface area contributed by atoms with Crippen LogP contribution in [0.15, 0.2) is 82.6 Å². The first kappa shape index (κ1) is 30.2. The topological polar surface area (TPSA) is 182 Å². The number of halogens is 1. The molecule has 1 saturated heterocycles. The fourth-order valence-corrected chi connectivity index (χ4v) is 6.83. The number of phosphoric ester groups is 1. The van der Waals surface area contributed by atoms with Gasteiger partial charge in [0.15, 0.2) is 6.79 Å². The molecule has 0 aliphatic carbocycles. The minimum Gasteiger partial charge on any atom is -0.467 e. The maximum atomic E-state index is 14.1. The summed E-state index contributed by atoms with van der Waals surface area (Å²) >= 11 is 6.04. The van der Waals surface area contributed by atoms with Crippen LogP contribution in [0.4, 0.5) is 5.95 Å². The molecular formula is C27H26ClN6O8PS. The number of oxazole rings is 1. The molecule has 44 heavy (non-hydrogen) atoms. The minimum atomic E-state index is -4.71. The second kappa shape index (κ2) is 12.3. The third-order valence-corrected chi connectivity index (χ3v) is 9.41. The van der Waals surface area contributed by atoms with Gasteiger partial charge in [0.1, 0.15) is 23.4 Å². The lowest BCUT2D eigenvalue weighted by molar-refractivity contribution is 0.0829. The number of rotatable bonds is 10. The van der Waals surface area contributed by atoms with Crippen molar-refractivity contribution in [3.05, 3.63) is 78.3 Å². The quantitative estimate of drug-likeness (QED) is 0.144. The Balaban J connectivity index is 1.43. The Bertz CT molecular complexity index is 1940. The monoisotopic (exact) mass is 660 g/mol. The molecule has 5 aromatic rings. The number of piperidine rings is 1. The van der Waals surface area contributed by atoms with Gasteiger partial charge in [-0.3, -0.25) is 4.40 Å². The average molecular weight is 661 g/mol. The van der Waals surface area contributed by atoms with Gasteiger partial charge in [-0.2, -0.15) is 4.98 Å². The maximum Gasteiger partial charge on any atom is 0.472 e. The molecule has 17 heteroatoms. The van der Waals surface area contributed by atoms with E-state index in [0.29, 0.717) is 40.6 Å². The van der Waals surface area contributed by atoms with Crippen molar-refractivity contribution in [3.63, 3.8) is 0 Å². The molecule has 14 nitrogen and oxygen atoms in total. The highest BCUT2D eigenvalue weighted by molar-refractivity contribution is 7.92. The molecular weight excluding hydrogens is 635 g/mol. The van der Waals surface area contributed by atoms with Crippen molar-refractivity contribution >= 4 is 41.2 Å². The molecule has 230 valence electrons. The van der Waals surface area contributed by atoms with E-state index in [2.05, 4.69) is 19.8 Å². The van der Waals surface area contributed by atoms with Crippen LogP contribution in [-0.2, 0) is 19.1 Å². The van der Waals surface area contributed by atoms with Crippen LogP contribution in [0.1, 0.15) is 12.8 Å². The highest BCUT2D eigenvalue weighted by Gasteiger charge is 2.35. The van der Waals surface area contributed by atoms with Gasteiger partial charge >= 0.3 is 13.7 Å². The Morgan fingerprint density at radius 3 is 2.73 bits per heavy atom. The summed E-state index contributed by atoms with van der Waals surface area (Å²) in [5, 5.41) is 3.68. The predicted octanol–water partition coefficient (Wildman–Crippen LogP) is 4.10. The number of aromatic nitrogens is 4. The number of benzene rings is 2. The van der Waals surface area contributed by atoms with Gasteiger partial charge in [0.2, 0.25) is 5.95 Å². The fraction of sp³-hybridized carbons (Fsp3) is 0.222. The van der Waals surface area contributed by atoms with Crippen molar-refractivity contribution in [1.29, 1.82) is 0 Å². The number of imidazole rings is 1. The highest BCUT2D eigenvalue weighted by atomic mass is 35.5. The summed E-state index contributed by atoms with van der Waals surface area (Å²) in [5.74, 6) is 0.510. The van der Waals surface area contributed by atoms with Gasteiger partial charge in [0.25, 0.3) is 10.0 Å². The third kappa shape index (κ3) is 6.35. The first-order chi connectivity index (χ1) is 21.1. The predicted molar refractivity (Wildman–Crippen MR) is 160 cm³/mol. The molecule has 1 fully saturated rings. The van der Waals surface area contributed by atoms with Gasteiger partial charge in [-0.15, -0.1) is 0 Å². The lowest BCUT2D eigenvalue weighted by atomic mass is 10.1. The number of fused-ring (bicyclic) bond motifs is 1. The van der Waals surface area contributed by atoms with Crippen LogP contribution in [0.25, 0.3) is 28.5 Å². The van der Waals surface area contributed by atoms with Crippen molar-refractivity contribution < 1.29 is 36.4 Å². The Kier molecular flexibility index (Phi) is 8.44. The summed E-state index contributed by atoms with van der Waals surface area (Å²) in [6.07, 6.45) is 5.99. The van der Waals surface area contributed by atoms with Gasteiger partial charge in [-0.05, 0) is 61.9 Å². The lowest BCUT2D eigenvalue weighted by Gasteiger charge is -2.33. The fourth-order valence-electron chi connectivity index (χ4n) is 4.94. The van der Waals surface area contributed by atoms with E-state index in [0.717, 1.165) is 13.0 Å². The summed E-state index contributed by atoms with van der Waals surface area (Å²) in [6.45, 7) is 0.524. The number of phosphoric acid groups is 1. The third-order valence-electron chi connectivity index (χ3n) is 6.87. The molecule has 0 bridgehead atoms. The lowest BCUT2D eigenvalue weighted by Crippen LogP contribution is -2.49. The minimum absolute atomic E-state index is 0.0118. The maximum absolute atomic E-state index is 14.1. The van der Waals surface area contributed by atoms with E-state index in [-0.39, 0.29) is 22.4 Å². The molecule has 3 N–H and O–H groups in total. The van der Waals surface area contributed by atoms with Crippen molar-refractivity contribution in [1.82, 2.24) is 24.7 Å². The Hall–Kier alpha value is -3.82. The summed E-state index contributed by atoms with van der Waals surface area (Å²) in [7, 11) is -8.80. The standard InChI is InChI=1S/C27H26ClN6O8PS/c28-19-6-8-22(9-7-19)44(38,39)34(20-4-2-11-29-16-20)26-30-12-10-23(31-26)25-24(32-27-33(25)13-14-40-27)18-3-1-5-21(15-18)41-17-42-43(35,36)37/h1,3,5-10,12-15,20,29H,2,4,11,16-17H2,(H2,35,36,37). The van der Waals surface area contributed by atoms with Crippen molar-refractivity contribution in [2.75, 3.05) is 24.2 Å². The zero-order chi connectivity index (χ0) is 30.9. The van der Waals surface area contributed by atoms with Gasteiger partial charge in [-0.25, -0.2) is 31.8 Å². The van der Waals surface area contributed by atoms with Crippen molar-refractivity contribution in [2.24, 2.45) is 0 Å². The van der Waals surface area contributed by atoms with Crippen LogP contribution < -0.4 is 14.4 Å². The first-order valence-corrected chi connectivity index (χ1v) is 16.7. The summed E-state index contributed by atoms with van der Waals surface area (Å²) in [6, 6.07) is 13.8. The number of nitrogens with one attached hydrogen (secondary N) is 1. The van der Waals surface area contributed by atoms with E-state index < -0.39 is 30.7 Å². The molecule has 0 spiro atoms. The molecule has 0 amide bonds. The first-order valence-electron chi connectivity index (χ1n) is 13.3. The van der Waals surface area contributed by atoms with Crippen LogP contribution in [0.5, 0.6) is 5.75 Å². The van der Waals surface area contributed by atoms with Crippen molar-refractivity contribution in [3.8, 4) is 28.4 Å². The summed E-state index contributed by atoms with van der Waals surface area (Å²) < 4.78 is 57.4. The molecule has 1 unspecified atom stereocenters. The molecule has 0 radical (unpaired) electrons. The largest absolute Gasteiger partial charge is 0.472 e. The van der Waals surface area contributed by atoms with Crippen LogP contribution in [0.3, 0.4) is 0 Å². The Labute approximate surface area is 256 Å². The van der Waals surface area contributed by atoms with E-state index in [1.54, 1.807) is 40.9 Å². The molecule has 3 aromatic heterocycles. The molecule has 1 aliphatic rings. The van der Waals surface area contributed by atoms with Crippen molar-refractivity contribution in [2.45, 2.75) is 23.8 Å². The average Bonchev–Trinajstić information content (AvgIpc) is 3.60. The second-order valence-corrected chi connectivity index (χ2v) is 13.3. The van der Waals surface area contributed by atoms with Gasteiger partial charge < -0.3 is 24.3 Å². The number of hydrogen-bond acceptors (Lipinski definition) is 10. The number of sulfonamides is 1. The van der Waals surface area contributed by atoms with Gasteiger partial charge in [0.05, 0.1) is 16.6 Å². The molecule has 1 aliphatic heterocycles. The van der Waals surface area contributed by atoms with Crippen LogP contribution in [0.2, 0.25) is 5.02 Å². The second-order valence-electron chi connectivity index (χ2n) is 9.77. The van der Waals surface area contributed by atoms with Crippen LogP contribution in [-0.4, -0.2) is 63.5 Å². The zero-order valence-corrected chi connectivity index (χ0v) is 25.3. The molecule has 4 heterocycles. The highest BCUT2D eigenvalue weighted by Crippen LogP contribution is 2.37. The Morgan fingerprint density at radius 1 is 1.16 bits per heavy atom. The van der Waals surface area contributed by atoms with E-state index in [4.69, 9.17) is 35.5 Å². The molecule has 1 atom stereocenters. The Morgan fingerprint density at radius 2 is 1.98 bits per heavy atom. The van der Waals surface area contributed by atoms with E-state index in [1.165, 1.54) is 41.0 Å². The van der Waals surface area contributed by atoms with Crippen LogP contribution >= 0.6 is 19.4 Å². The molecule has 0 saturated carbocycles.